The quantitative estimate of drug-likeness (QED) is 0.827. The van der Waals surface area contributed by atoms with Gasteiger partial charge in [0.1, 0.15) is 11.4 Å². The van der Waals surface area contributed by atoms with Crippen molar-refractivity contribution >= 4 is 29.0 Å². The molecule has 26 heavy (non-hydrogen) atoms. The zero-order valence-corrected chi connectivity index (χ0v) is 14.9. The van der Waals surface area contributed by atoms with Crippen LogP contribution >= 0.6 is 11.5 Å². The van der Waals surface area contributed by atoms with Gasteiger partial charge in [0, 0.05) is 6.54 Å². The molecular weight excluding hydrogens is 369 g/mol. The number of rotatable bonds is 6. The van der Waals surface area contributed by atoms with Gasteiger partial charge in [-0.2, -0.15) is 13.2 Å². The third kappa shape index (κ3) is 4.57. The van der Waals surface area contributed by atoms with Crippen LogP contribution in [0.25, 0.3) is 0 Å². The van der Waals surface area contributed by atoms with E-state index in [1.807, 2.05) is 6.92 Å². The molecule has 0 radical (unpaired) electrons. The van der Waals surface area contributed by atoms with Gasteiger partial charge in [-0.25, -0.2) is 0 Å². The molecule has 140 valence electrons. The van der Waals surface area contributed by atoms with Gasteiger partial charge in [-0.1, -0.05) is 23.5 Å². The third-order valence-electron chi connectivity index (χ3n) is 3.59. The van der Waals surface area contributed by atoms with E-state index in [2.05, 4.69) is 14.9 Å². The summed E-state index contributed by atoms with van der Waals surface area (Å²) in [4.78, 5) is 26.3. The number of alkyl halides is 3. The van der Waals surface area contributed by atoms with Crippen LogP contribution in [-0.2, 0) is 17.4 Å². The van der Waals surface area contributed by atoms with Crippen molar-refractivity contribution in [2.24, 2.45) is 0 Å². The number of carbonyl (C=O) groups is 2. The summed E-state index contributed by atoms with van der Waals surface area (Å²) in [6.07, 6.45) is -4.07. The van der Waals surface area contributed by atoms with Crippen molar-refractivity contribution in [3.63, 3.8) is 0 Å². The second kappa shape index (κ2) is 8.26. The first-order valence-electron chi connectivity index (χ1n) is 7.84. The van der Waals surface area contributed by atoms with Gasteiger partial charge in [0.05, 0.1) is 16.9 Å². The summed E-state index contributed by atoms with van der Waals surface area (Å²) in [5.41, 5.74) is -0.758. The third-order valence-corrected chi connectivity index (χ3v) is 4.35. The standard InChI is InChI=1S/C16H17F3N4O2S/c1-3-11-14(26-22-21-11)15(25)23(4-2)9-13(24)20-12-8-6-5-7-10(12)16(17,18)19/h5-8H,3-4,9H2,1-2H3,(H,20,24). The smallest absolute Gasteiger partial charge is 0.329 e. The molecule has 1 aromatic carbocycles. The molecule has 0 aliphatic heterocycles. The molecule has 0 saturated heterocycles. The normalized spacial score (nSPS) is 11.3. The van der Waals surface area contributed by atoms with Gasteiger partial charge in [0.25, 0.3) is 5.91 Å². The minimum absolute atomic E-state index is 0.216. The Labute approximate surface area is 152 Å². The van der Waals surface area contributed by atoms with Crippen LogP contribution in [0.4, 0.5) is 18.9 Å². The van der Waals surface area contributed by atoms with E-state index in [9.17, 15) is 22.8 Å². The maximum absolute atomic E-state index is 13.0. The number of para-hydroxylation sites is 1. The van der Waals surface area contributed by atoms with E-state index in [4.69, 9.17) is 0 Å². The van der Waals surface area contributed by atoms with Gasteiger partial charge in [-0.05, 0) is 37.0 Å². The summed E-state index contributed by atoms with van der Waals surface area (Å²) in [7, 11) is 0. The predicted molar refractivity (Wildman–Crippen MR) is 90.9 cm³/mol. The molecule has 0 spiro atoms. The summed E-state index contributed by atoms with van der Waals surface area (Å²) < 4.78 is 42.7. The Hall–Kier alpha value is -2.49. The largest absolute Gasteiger partial charge is 0.418 e. The summed E-state index contributed by atoms with van der Waals surface area (Å²) >= 11 is 0.930. The molecule has 1 N–H and O–H groups in total. The molecule has 0 bridgehead atoms. The zero-order valence-electron chi connectivity index (χ0n) is 14.1. The number of amides is 2. The average molecular weight is 386 g/mol. The van der Waals surface area contributed by atoms with Crippen LogP contribution < -0.4 is 5.32 Å². The lowest BCUT2D eigenvalue weighted by atomic mass is 10.1. The number of nitrogens with one attached hydrogen (secondary N) is 1. The number of halogens is 3. The van der Waals surface area contributed by atoms with Gasteiger partial charge >= 0.3 is 6.18 Å². The molecule has 2 amide bonds. The molecule has 1 heterocycles. The summed E-state index contributed by atoms with van der Waals surface area (Å²) in [5.74, 6) is -1.13. The molecule has 0 atom stereocenters. The summed E-state index contributed by atoms with van der Waals surface area (Å²) in [6.45, 7) is 3.34. The molecule has 0 unspecified atom stereocenters. The topological polar surface area (TPSA) is 75.2 Å². The zero-order chi connectivity index (χ0) is 19.3. The maximum Gasteiger partial charge on any atom is 0.418 e. The number of carbonyl (C=O) groups excluding carboxylic acids is 2. The Morgan fingerprint density at radius 1 is 1.23 bits per heavy atom. The van der Waals surface area contributed by atoms with Crippen LogP contribution in [0.2, 0.25) is 0 Å². The van der Waals surface area contributed by atoms with Crippen LogP contribution in [0, 0.1) is 0 Å². The van der Waals surface area contributed by atoms with Crippen LogP contribution in [-0.4, -0.2) is 39.4 Å². The molecule has 0 fully saturated rings. The molecule has 1 aromatic heterocycles. The Balaban J connectivity index is 2.12. The van der Waals surface area contributed by atoms with Crippen molar-refractivity contribution < 1.29 is 22.8 Å². The van der Waals surface area contributed by atoms with Crippen molar-refractivity contribution in [2.75, 3.05) is 18.4 Å². The summed E-state index contributed by atoms with van der Waals surface area (Å²) in [5, 5.41) is 6.08. The average Bonchev–Trinajstić information content (AvgIpc) is 3.07. The molecule has 10 heteroatoms. The molecular formula is C16H17F3N4O2S. The molecule has 0 aliphatic carbocycles. The fourth-order valence-corrected chi connectivity index (χ4v) is 2.99. The maximum atomic E-state index is 13.0. The minimum Gasteiger partial charge on any atom is -0.329 e. The Morgan fingerprint density at radius 2 is 1.92 bits per heavy atom. The predicted octanol–water partition coefficient (Wildman–Crippen LogP) is 3.22. The second-order valence-corrected chi connectivity index (χ2v) is 6.07. The van der Waals surface area contributed by atoms with E-state index >= 15 is 0 Å². The molecule has 0 saturated carbocycles. The first-order chi connectivity index (χ1) is 12.3. The lowest BCUT2D eigenvalue weighted by Gasteiger charge is -2.20. The van der Waals surface area contributed by atoms with E-state index in [1.54, 1.807) is 6.92 Å². The van der Waals surface area contributed by atoms with Gasteiger partial charge in [-0.15, -0.1) is 5.10 Å². The van der Waals surface area contributed by atoms with Crippen LogP contribution in [0.3, 0.4) is 0 Å². The second-order valence-electron chi connectivity index (χ2n) is 5.31. The van der Waals surface area contributed by atoms with Crippen molar-refractivity contribution in [1.82, 2.24) is 14.5 Å². The molecule has 2 aromatic rings. The fourth-order valence-electron chi connectivity index (χ4n) is 2.28. The monoisotopic (exact) mass is 386 g/mol. The first kappa shape index (κ1) is 19.8. The van der Waals surface area contributed by atoms with Gasteiger partial charge < -0.3 is 10.2 Å². The highest BCUT2D eigenvalue weighted by Crippen LogP contribution is 2.34. The van der Waals surface area contributed by atoms with Crippen molar-refractivity contribution in [3.8, 4) is 0 Å². The number of aromatic nitrogens is 2. The number of nitrogens with zero attached hydrogens (tertiary/aromatic N) is 3. The van der Waals surface area contributed by atoms with Crippen LogP contribution in [0.5, 0.6) is 0 Å². The van der Waals surface area contributed by atoms with Crippen LogP contribution in [0.1, 0.15) is 34.8 Å². The lowest BCUT2D eigenvalue weighted by Crippen LogP contribution is -2.38. The molecule has 2 rings (SSSR count). The van der Waals surface area contributed by atoms with Crippen LogP contribution in [0.15, 0.2) is 24.3 Å². The first-order valence-corrected chi connectivity index (χ1v) is 8.61. The molecule has 0 aliphatic rings. The number of hydrogen-bond acceptors (Lipinski definition) is 5. The fraction of sp³-hybridized carbons (Fsp3) is 0.375. The van der Waals surface area contributed by atoms with E-state index in [0.29, 0.717) is 17.0 Å². The van der Waals surface area contributed by atoms with Gasteiger partial charge in [-0.3, -0.25) is 9.59 Å². The van der Waals surface area contributed by atoms with E-state index in [1.165, 1.54) is 23.1 Å². The number of aryl methyl sites for hydroxylation is 1. The van der Waals surface area contributed by atoms with E-state index in [-0.39, 0.29) is 18.8 Å². The highest BCUT2D eigenvalue weighted by molar-refractivity contribution is 7.08. The highest BCUT2D eigenvalue weighted by Gasteiger charge is 2.33. The Kier molecular flexibility index (Phi) is 6.30. The number of hydrogen-bond donors (Lipinski definition) is 1. The lowest BCUT2D eigenvalue weighted by molar-refractivity contribution is -0.137. The molecule has 6 nitrogen and oxygen atoms in total. The van der Waals surface area contributed by atoms with Gasteiger partial charge in [0.2, 0.25) is 5.91 Å². The summed E-state index contributed by atoms with van der Waals surface area (Å²) in [6, 6.07) is 4.68. The Morgan fingerprint density at radius 3 is 2.54 bits per heavy atom. The Bertz CT molecular complexity index is 792. The van der Waals surface area contributed by atoms with Crippen molar-refractivity contribution in [3.05, 3.63) is 40.4 Å². The van der Waals surface area contributed by atoms with Crippen molar-refractivity contribution in [2.45, 2.75) is 26.4 Å². The SMILES string of the molecule is CCc1nnsc1C(=O)N(CC)CC(=O)Nc1ccccc1C(F)(F)F. The van der Waals surface area contributed by atoms with E-state index < -0.39 is 23.6 Å². The van der Waals surface area contributed by atoms with E-state index in [0.717, 1.165) is 17.6 Å². The van der Waals surface area contributed by atoms with Gasteiger partial charge in [0.15, 0.2) is 0 Å². The van der Waals surface area contributed by atoms with Crippen molar-refractivity contribution in [1.29, 1.82) is 0 Å². The number of anilines is 1. The minimum atomic E-state index is -4.59. The number of likely N-dealkylation sites (N-methyl/N-ethyl adjacent to an activating group) is 1. The highest BCUT2D eigenvalue weighted by atomic mass is 32.1. The number of benzene rings is 1.